The highest BCUT2D eigenvalue weighted by Gasteiger charge is 2.35. The minimum absolute atomic E-state index is 0.0665. The number of rotatable bonds is 4. The van der Waals surface area contributed by atoms with Gasteiger partial charge in [0.05, 0.1) is 17.6 Å². The van der Waals surface area contributed by atoms with Crippen LogP contribution in [0, 0.1) is 6.92 Å². The lowest BCUT2D eigenvalue weighted by molar-refractivity contribution is -0.142. The Morgan fingerprint density at radius 2 is 2.18 bits per heavy atom. The van der Waals surface area contributed by atoms with Crippen LogP contribution < -0.4 is 5.32 Å². The first-order valence-electron chi connectivity index (χ1n) is 7.90. The van der Waals surface area contributed by atoms with Gasteiger partial charge in [-0.05, 0) is 24.4 Å². The van der Waals surface area contributed by atoms with Gasteiger partial charge in [0.25, 0.3) is 11.8 Å². The Kier molecular flexibility index (Phi) is 4.34. The van der Waals surface area contributed by atoms with E-state index >= 15 is 0 Å². The lowest BCUT2D eigenvalue weighted by Crippen LogP contribution is -2.23. The van der Waals surface area contributed by atoms with Gasteiger partial charge in [-0.2, -0.15) is 23.3 Å². The number of carbonyl (C=O) groups is 1. The van der Waals surface area contributed by atoms with Crippen LogP contribution in [-0.2, 0) is 12.7 Å². The maximum Gasteiger partial charge on any atom is 0.433 e. The van der Waals surface area contributed by atoms with Crippen LogP contribution in [-0.4, -0.2) is 30.6 Å². The van der Waals surface area contributed by atoms with E-state index < -0.39 is 17.8 Å². The number of fused-ring (bicyclic) bond motifs is 1. The molecule has 0 saturated heterocycles. The molecule has 28 heavy (non-hydrogen) atoms. The summed E-state index contributed by atoms with van der Waals surface area (Å²) in [6.07, 6.45) is -3.59. The molecular formula is C16H11F3N6O2S. The quantitative estimate of drug-likeness (QED) is 0.557. The van der Waals surface area contributed by atoms with Crippen LogP contribution in [0.5, 0.6) is 0 Å². The molecule has 1 amide bonds. The van der Waals surface area contributed by atoms with E-state index in [0.717, 1.165) is 17.1 Å². The molecule has 4 aromatic rings. The third-order valence-electron chi connectivity index (χ3n) is 3.74. The van der Waals surface area contributed by atoms with Gasteiger partial charge in [-0.25, -0.2) is 9.50 Å². The molecule has 4 heterocycles. The Hall–Kier alpha value is -3.28. The molecule has 0 aliphatic heterocycles. The Morgan fingerprint density at radius 1 is 1.36 bits per heavy atom. The van der Waals surface area contributed by atoms with Crippen LogP contribution in [0.3, 0.4) is 0 Å². The van der Waals surface area contributed by atoms with E-state index in [1.165, 1.54) is 18.3 Å². The molecule has 4 aromatic heterocycles. The fourth-order valence-electron chi connectivity index (χ4n) is 2.53. The number of thiophene rings is 1. The van der Waals surface area contributed by atoms with E-state index in [2.05, 4.69) is 25.5 Å². The molecular weight excluding hydrogens is 397 g/mol. The summed E-state index contributed by atoms with van der Waals surface area (Å²) in [5.74, 6) is -0.0978. The van der Waals surface area contributed by atoms with Crippen molar-refractivity contribution in [3.63, 3.8) is 0 Å². The monoisotopic (exact) mass is 408 g/mol. The molecule has 0 radical (unpaired) electrons. The van der Waals surface area contributed by atoms with Gasteiger partial charge in [0.15, 0.2) is 11.5 Å². The van der Waals surface area contributed by atoms with Crippen LogP contribution in [0.4, 0.5) is 13.2 Å². The van der Waals surface area contributed by atoms with Crippen molar-refractivity contribution < 1.29 is 22.5 Å². The molecule has 0 fully saturated rings. The average Bonchev–Trinajstić information content (AvgIpc) is 3.37. The molecule has 1 N–H and O–H groups in total. The second-order valence-corrected chi connectivity index (χ2v) is 6.70. The third kappa shape index (κ3) is 3.33. The van der Waals surface area contributed by atoms with E-state index in [1.54, 1.807) is 0 Å². The van der Waals surface area contributed by atoms with Gasteiger partial charge in [-0.15, -0.1) is 11.3 Å². The van der Waals surface area contributed by atoms with E-state index in [0.29, 0.717) is 10.4 Å². The van der Waals surface area contributed by atoms with Crippen LogP contribution >= 0.6 is 11.3 Å². The second-order valence-electron chi connectivity index (χ2n) is 5.75. The number of nitrogens with one attached hydrogen (secondary N) is 1. The number of alkyl halides is 3. The van der Waals surface area contributed by atoms with Crippen LogP contribution in [0.25, 0.3) is 16.4 Å². The highest BCUT2D eigenvalue weighted by atomic mass is 32.1. The van der Waals surface area contributed by atoms with E-state index in [4.69, 9.17) is 4.52 Å². The van der Waals surface area contributed by atoms with Crippen LogP contribution in [0.2, 0.25) is 0 Å². The van der Waals surface area contributed by atoms with Crippen molar-refractivity contribution in [3.05, 3.63) is 52.6 Å². The number of hydrogen-bond donors (Lipinski definition) is 1. The second kappa shape index (κ2) is 6.71. The summed E-state index contributed by atoms with van der Waals surface area (Å²) >= 11 is 1.42. The molecule has 0 bridgehead atoms. The van der Waals surface area contributed by atoms with Crippen molar-refractivity contribution in [1.29, 1.82) is 0 Å². The summed E-state index contributed by atoms with van der Waals surface area (Å²) in [7, 11) is 0. The SMILES string of the molecule is Cc1cc(C(F)(F)F)n2ncc(C(=O)NCc3noc(-c4cccs4)n3)c2n1. The number of carbonyl (C=O) groups excluding carboxylic acids is 1. The number of aryl methyl sites for hydroxylation is 1. The minimum atomic E-state index is -4.63. The molecule has 12 heteroatoms. The molecule has 0 aliphatic rings. The van der Waals surface area contributed by atoms with Gasteiger partial charge < -0.3 is 9.84 Å². The number of aromatic nitrogens is 5. The summed E-state index contributed by atoms with van der Waals surface area (Å²) < 4.78 is 45.3. The first-order chi connectivity index (χ1) is 13.3. The van der Waals surface area contributed by atoms with Gasteiger partial charge in [0.1, 0.15) is 11.3 Å². The fourth-order valence-corrected chi connectivity index (χ4v) is 3.17. The lowest BCUT2D eigenvalue weighted by atomic mass is 10.2. The Labute approximate surface area is 159 Å². The lowest BCUT2D eigenvalue weighted by Gasteiger charge is -2.09. The minimum Gasteiger partial charge on any atom is -0.344 e. The summed E-state index contributed by atoms with van der Waals surface area (Å²) in [4.78, 5) is 21.4. The largest absolute Gasteiger partial charge is 0.433 e. The number of nitrogens with zero attached hydrogens (tertiary/aromatic N) is 5. The maximum absolute atomic E-state index is 13.2. The van der Waals surface area contributed by atoms with Gasteiger partial charge in [-0.3, -0.25) is 4.79 Å². The zero-order chi connectivity index (χ0) is 19.9. The predicted molar refractivity (Wildman–Crippen MR) is 91.5 cm³/mol. The summed E-state index contributed by atoms with van der Waals surface area (Å²) in [6.45, 7) is 1.35. The van der Waals surface area contributed by atoms with E-state index in [9.17, 15) is 18.0 Å². The Balaban J connectivity index is 1.56. The van der Waals surface area contributed by atoms with Crippen molar-refractivity contribution >= 4 is 22.9 Å². The smallest absolute Gasteiger partial charge is 0.344 e. The van der Waals surface area contributed by atoms with Gasteiger partial charge in [0.2, 0.25) is 0 Å². The van der Waals surface area contributed by atoms with E-state index in [-0.39, 0.29) is 29.3 Å². The molecule has 0 aromatic carbocycles. The Morgan fingerprint density at radius 3 is 2.89 bits per heavy atom. The number of halogens is 3. The van der Waals surface area contributed by atoms with Gasteiger partial charge in [0, 0.05) is 5.69 Å². The van der Waals surface area contributed by atoms with Gasteiger partial charge >= 0.3 is 6.18 Å². The molecule has 4 rings (SSSR count). The Bertz CT molecular complexity index is 1150. The normalized spacial score (nSPS) is 11.9. The molecule has 0 atom stereocenters. The van der Waals surface area contributed by atoms with Gasteiger partial charge in [-0.1, -0.05) is 11.2 Å². The molecule has 0 saturated carbocycles. The number of hydrogen-bond acceptors (Lipinski definition) is 7. The number of amides is 1. The topological polar surface area (TPSA) is 98.2 Å². The summed E-state index contributed by atoms with van der Waals surface area (Å²) in [6, 6.07) is 4.51. The summed E-state index contributed by atoms with van der Waals surface area (Å²) in [5, 5.41) is 11.8. The standard InChI is InChI=1S/C16H11F3N6O2S/c1-8-5-11(16(17,18)19)25-13(22-8)9(6-21-25)14(26)20-7-12-23-15(27-24-12)10-3-2-4-28-10/h2-6H,7H2,1H3,(H,20,26). The molecule has 144 valence electrons. The third-order valence-corrected chi connectivity index (χ3v) is 4.60. The van der Waals surface area contributed by atoms with Crippen molar-refractivity contribution in [3.8, 4) is 10.8 Å². The predicted octanol–water partition coefficient (Wildman–Crippen LogP) is 3.10. The molecule has 8 nitrogen and oxygen atoms in total. The average molecular weight is 408 g/mol. The van der Waals surface area contributed by atoms with Crippen molar-refractivity contribution in [2.45, 2.75) is 19.6 Å². The highest BCUT2D eigenvalue weighted by molar-refractivity contribution is 7.13. The van der Waals surface area contributed by atoms with Crippen molar-refractivity contribution in [1.82, 2.24) is 30.1 Å². The van der Waals surface area contributed by atoms with Crippen LogP contribution in [0.1, 0.15) is 27.6 Å². The van der Waals surface area contributed by atoms with E-state index in [1.807, 2.05) is 17.5 Å². The maximum atomic E-state index is 13.2. The fraction of sp³-hybridized carbons (Fsp3) is 0.188. The van der Waals surface area contributed by atoms with Crippen LogP contribution in [0.15, 0.2) is 34.3 Å². The summed E-state index contributed by atoms with van der Waals surface area (Å²) in [5.41, 5.74) is -1.16. The van der Waals surface area contributed by atoms with Crippen molar-refractivity contribution in [2.24, 2.45) is 0 Å². The first-order valence-corrected chi connectivity index (χ1v) is 8.78. The highest BCUT2D eigenvalue weighted by Crippen LogP contribution is 2.30. The van der Waals surface area contributed by atoms with Crippen molar-refractivity contribution in [2.75, 3.05) is 0 Å². The molecule has 0 unspecified atom stereocenters. The zero-order valence-electron chi connectivity index (χ0n) is 14.2. The first kappa shape index (κ1) is 18.1. The molecule has 0 aliphatic carbocycles. The molecule has 0 spiro atoms. The zero-order valence-corrected chi connectivity index (χ0v) is 15.0.